The molecule has 0 radical (unpaired) electrons. The van der Waals surface area contributed by atoms with Crippen molar-refractivity contribution in [1.29, 1.82) is 0 Å². The Hall–Kier alpha value is -0.990. The second kappa shape index (κ2) is 5.68. The van der Waals surface area contributed by atoms with Crippen LogP contribution in [0.15, 0.2) is 12.4 Å². The summed E-state index contributed by atoms with van der Waals surface area (Å²) in [6, 6.07) is 0. The van der Waals surface area contributed by atoms with Crippen molar-refractivity contribution in [2.24, 2.45) is 5.92 Å². The van der Waals surface area contributed by atoms with Crippen LogP contribution < -0.4 is 5.32 Å². The monoisotopic (exact) mass is 195 g/mol. The third kappa shape index (κ3) is 3.05. The molecule has 0 unspecified atom stereocenters. The van der Waals surface area contributed by atoms with Gasteiger partial charge in [0.25, 0.3) is 0 Å². The van der Waals surface area contributed by atoms with Crippen LogP contribution in [0.4, 0.5) is 5.69 Å². The average molecular weight is 195 g/mol. The molecule has 1 rings (SSSR count). The van der Waals surface area contributed by atoms with Gasteiger partial charge in [0.05, 0.1) is 11.9 Å². The first-order valence-corrected chi connectivity index (χ1v) is 5.56. The van der Waals surface area contributed by atoms with Crippen LogP contribution in [0, 0.1) is 5.92 Å². The largest absolute Gasteiger partial charge is 0.382 e. The van der Waals surface area contributed by atoms with Crippen LogP contribution >= 0.6 is 0 Å². The lowest BCUT2D eigenvalue weighted by Crippen LogP contribution is -2.12. The van der Waals surface area contributed by atoms with Gasteiger partial charge in [-0.25, -0.2) is 0 Å². The van der Waals surface area contributed by atoms with E-state index in [0.717, 1.165) is 24.7 Å². The summed E-state index contributed by atoms with van der Waals surface area (Å²) in [4.78, 5) is 0. The van der Waals surface area contributed by atoms with Crippen molar-refractivity contribution in [2.45, 2.75) is 40.2 Å². The minimum absolute atomic E-state index is 0.778. The van der Waals surface area contributed by atoms with Crippen molar-refractivity contribution >= 4 is 5.69 Å². The Kier molecular flexibility index (Phi) is 4.50. The maximum Gasteiger partial charge on any atom is 0.0726 e. The van der Waals surface area contributed by atoms with Gasteiger partial charge in [-0.1, -0.05) is 26.7 Å². The van der Waals surface area contributed by atoms with Gasteiger partial charge >= 0.3 is 0 Å². The summed E-state index contributed by atoms with van der Waals surface area (Å²) in [6.45, 7) is 8.57. The van der Waals surface area contributed by atoms with E-state index in [1.807, 2.05) is 10.9 Å². The number of hydrogen-bond acceptors (Lipinski definition) is 2. The summed E-state index contributed by atoms with van der Waals surface area (Å²) >= 11 is 0. The molecular weight excluding hydrogens is 174 g/mol. The van der Waals surface area contributed by atoms with Crippen molar-refractivity contribution in [3.05, 3.63) is 12.4 Å². The molecule has 0 aliphatic carbocycles. The van der Waals surface area contributed by atoms with Gasteiger partial charge in [0.15, 0.2) is 0 Å². The molecule has 0 fully saturated rings. The molecule has 3 heteroatoms. The molecule has 1 heterocycles. The van der Waals surface area contributed by atoms with E-state index in [2.05, 4.69) is 37.4 Å². The van der Waals surface area contributed by atoms with Crippen LogP contribution in [0.3, 0.4) is 0 Å². The van der Waals surface area contributed by atoms with Gasteiger partial charge < -0.3 is 5.32 Å². The molecule has 1 aromatic rings. The van der Waals surface area contributed by atoms with E-state index in [1.54, 1.807) is 0 Å². The van der Waals surface area contributed by atoms with E-state index >= 15 is 0 Å². The Morgan fingerprint density at radius 3 is 2.57 bits per heavy atom. The first kappa shape index (κ1) is 11.1. The van der Waals surface area contributed by atoms with Crippen molar-refractivity contribution in [1.82, 2.24) is 9.78 Å². The number of aromatic nitrogens is 2. The molecule has 0 aliphatic rings. The van der Waals surface area contributed by atoms with Crippen LogP contribution in [0.2, 0.25) is 0 Å². The Bertz CT molecular complexity index is 251. The number of nitrogens with one attached hydrogen (secondary N) is 1. The SMILES string of the molecule is CCC(CC)CNc1cnn(CC)c1. The van der Waals surface area contributed by atoms with Gasteiger partial charge in [0.1, 0.15) is 0 Å². The molecule has 0 saturated carbocycles. The minimum Gasteiger partial charge on any atom is -0.382 e. The molecule has 80 valence electrons. The lowest BCUT2D eigenvalue weighted by atomic mass is 10.0. The smallest absolute Gasteiger partial charge is 0.0726 e. The molecule has 1 aromatic heterocycles. The average Bonchev–Trinajstić information content (AvgIpc) is 2.67. The zero-order valence-corrected chi connectivity index (χ0v) is 9.45. The normalized spacial score (nSPS) is 10.9. The summed E-state index contributed by atoms with van der Waals surface area (Å²) in [5.41, 5.74) is 1.14. The molecular formula is C11H21N3. The lowest BCUT2D eigenvalue weighted by Gasteiger charge is -2.12. The topological polar surface area (TPSA) is 29.9 Å². The summed E-state index contributed by atoms with van der Waals surface area (Å²) in [6.07, 6.45) is 6.44. The summed E-state index contributed by atoms with van der Waals surface area (Å²) in [7, 11) is 0. The van der Waals surface area contributed by atoms with Crippen molar-refractivity contribution in [3.8, 4) is 0 Å². The van der Waals surface area contributed by atoms with Crippen LogP contribution in [0.1, 0.15) is 33.6 Å². The van der Waals surface area contributed by atoms with Crippen LogP contribution in [0.5, 0.6) is 0 Å². The zero-order valence-electron chi connectivity index (χ0n) is 9.45. The maximum atomic E-state index is 4.22. The molecule has 0 aromatic carbocycles. The van der Waals surface area contributed by atoms with Crippen LogP contribution in [-0.2, 0) is 6.54 Å². The molecule has 0 spiro atoms. The fourth-order valence-corrected chi connectivity index (χ4v) is 1.47. The van der Waals surface area contributed by atoms with Gasteiger partial charge in [0.2, 0.25) is 0 Å². The van der Waals surface area contributed by atoms with Crippen molar-refractivity contribution in [2.75, 3.05) is 11.9 Å². The molecule has 0 amide bonds. The number of rotatable bonds is 6. The van der Waals surface area contributed by atoms with Gasteiger partial charge in [0, 0.05) is 19.3 Å². The molecule has 0 saturated heterocycles. The number of nitrogens with zero attached hydrogens (tertiary/aromatic N) is 2. The summed E-state index contributed by atoms with van der Waals surface area (Å²) in [5, 5.41) is 7.64. The van der Waals surface area contributed by atoms with Gasteiger partial charge in [-0.05, 0) is 12.8 Å². The Labute approximate surface area is 86.5 Å². The zero-order chi connectivity index (χ0) is 10.4. The van der Waals surface area contributed by atoms with E-state index < -0.39 is 0 Å². The Morgan fingerprint density at radius 2 is 2.07 bits per heavy atom. The Balaban J connectivity index is 2.37. The summed E-state index contributed by atoms with van der Waals surface area (Å²) in [5.74, 6) is 0.778. The van der Waals surface area contributed by atoms with Crippen LogP contribution in [0.25, 0.3) is 0 Å². The summed E-state index contributed by atoms with van der Waals surface area (Å²) < 4.78 is 1.94. The van der Waals surface area contributed by atoms with Gasteiger partial charge in [-0.3, -0.25) is 4.68 Å². The highest BCUT2D eigenvalue weighted by Gasteiger charge is 2.03. The molecule has 3 nitrogen and oxygen atoms in total. The number of anilines is 1. The predicted octanol–water partition coefficient (Wildman–Crippen LogP) is 2.75. The standard InChI is InChI=1S/C11H21N3/c1-4-10(5-2)7-12-11-8-13-14(6-3)9-11/h8-10,12H,4-7H2,1-3H3. The fourth-order valence-electron chi connectivity index (χ4n) is 1.47. The Morgan fingerprint density at radius 1 is 1.36 bits per heavy atom. The number of aryl methyl sites for hydroxylation is 1. The van der Waals surface area contributed by atoms with Gasteiger partial charge in [-0.15, -0.1) is 0 Å². The van der Waals surface area contributed by atoms with Crippen LogP contribution in [-0.4, -0.2) is 16.3 Å². The van der Waals surface area contributed by atoms with E-state index in [9.17, 15) is 0 Å². The molecule has 0 aliphatic heterocycles. The first-order chi connectivity index (χ1) is 6.80. The van der Waals surface area contributed by atoms with Gasteiger partial charge in [-0.2, -0.15) is 5.10 Å². The first-order valence-electron chi connectivity index (χ1n) is 5.56. The van der Waals surface area contributed by atoms with Crippen molar-refractivity contribution in [3.63, 3.8) is 0 Å². The van der Waals surface area contributed by atoms with Crippen molar-refractivity contribution < 1.29 is 0 Å². The quantitative estimate of drug-likeness (QED) is 0.756. The third-order valence-electron chi connectivity index (χ3n) is 2.71. The maximum absolute atomic E-state index is 4.22. The molecule has 14 heavy (non-hydrogen) atoms. The van der Waals surface area contributed by atoms with E-state index in [4.69, 9.17) is 0 Å². The highest BCUT2D eigenvalue weighted by molar-refractivity contribution is 5.37. The molecule has 1 N–H and O–H groups in total. The van der Waals surface area contributed by atoms with E-state index in [0.29, 0.717) is 0 Å². The second-order valence-electron chi connectivity index (χ2n) is 3.65. The second-order valence-corrected chi connectivity index (χ2v) is 3.65. The lowest BCUT2D eigenvalue weighted by molar-refractivity contribution is 0.519. The third-order valence-corrected chi connectivity index (χ3v) is 2.71. The highest BCUT2D eigenvalue weighted by Crippen LogP contribution is 2.10. The van der Waals surface area contributed by atoms with E-state index in [1.165, 1.54) is 12.8 Å². The molecule has 0 bridgehead atoms. The fraction of sp³-hybridized carbons (Fsp3) is 0.727. The minimum atomic E-state index is 0.778. The predicted molar refractivity (Wildman–Crippen MR) is 60.5 cm³/mol. The molecule has 0 atom stereocenters. The van der Waals surface area contributed by atoms with E-state index in [-0.39, 0.29) is 0 Å². The highest BCUT2D eigenvalue weighted by atomic mass is 15.3. The number of hydrogen-bond donors (Lipinski definition) is 1.